The van der Waals surface area contributed by atoms with E-state index < -0.39 is 17.7 Å². The molecule has 3 rings (SSSR count). The Kier molecular flexibility index (Phi) is 2.67. The molecule has 0 aromatic carbocycles. The number of fused-ring (bicyclic) bond motifs is 1. The van der Waals surface area contributed by atoms with Crippen molar-refractivity contribution in [1.29, 1.82) is 0 Å². The molecule has 1 aliphatic rings. The summed E-state index contributed by atoms with van der Waals surface area (Å²) in [6.45, 7) is 1.43. The SMILES string of the molecule is Cc1ccnc2nc(C(=O)N3CC(=O)NC(=O)C3)nn12. The van der Waals surface area contributed by atoms with E-state index >= 15 is 0 Å². The fourth-order valence-electron chi connectivity index (χ4n) is 1.92. The number of piperazine rings is 1. The number of imide groups is 1. The van der Waals surface area contributed by atoms with Crippen LogP contribution in [0.5, 0.6) is 0 Å². The van der Waals surface area contributed by atoms with Gasteiger partial charge in [0.2, 0.25) is 17.6 Å². The van der Waals surface area contributed by atoms with Crippen molar-refractivity contribution >= 4 is 23.5 Å². The Labute approximate surface area is 112 Å². The van der Waals surface area contributed by atoms with Crippen molar-refractivity contribution in [3.63, 3.8) is 0 Å². The normalized spacial score (nSPS) is 15.6. The molecular weight excluding hydrogens is 264 g/mol. The van der Waals surface area contributed by atoms with Gasteiger partial charge in [-0.15, -0.1) is 5.10 Å². The van der Waals surface area contributed by atoms with Crippen LogP contribution in [0.25, 0.3) is 5.78 Å². The lowest BCUT2D eigenvalue weighted by Gasteiger charge is -2.23. The van der Waals surface area contributed by atoms with Crippen LogP contribution in [0.2, 0.25) is 0 Å². The van der Waals surface area contributed by atoms with Crippen molar-refractivity contribution in [2.75, 3.05) is 13.1 Å². The molecule has 0 saturated carbocycles. The van der Waals surface area contributed by atoms with Crippen LogP contribution in [0.15, 0.2) is 12.3 Å². The summed E-state index contributed by atoms with van der Waals surface area (Å²) in [6.07, 6.45) is 1.56. The Bertz CT molecular complexity index is 721. The third-order valence-electron chi connectivity index (χ3n) is 2.86. The maximum atomic E-state index is 12.2. The first-order valence-corrected chi connectivity index (χ1v) is 5.85. The molecule has 0 unspecified atom stereocenters. The average Bonchev–Trinajstić information content (AvgIpc) is 2.82. The summed E-state index contributed by atoms with van der Waals surface area (Å²) in [5.41, 5.74) is 0.772. The molecule has 9 heteroatoms. The van der Waals surface area contributed by atoms with E-state index in [4.69, 9.17) is 0 Å². The largest absolute Gasteiger partial charge is 0.317 e. The van der Waals surface area contributed by atoms with E-state index in [0.717, 1.165) is 10.6 Å². The maximum Gasteiger partial charge on any atom is 0.294 e. The molecule has 1 aliphatic heterocycles. The summed E-state index contributed by atoms with van der Waals surface area (Å²) in [5.74, 6) is -1.41. The number of carbonyl (C=O) groups excluding carboxylic acids is 3. The fraction of sp³-hybridized carbons (Fsp3) is 0.273. The summed E-state index contributed by atoms with van der Waals surface area (Å²) in [7, 11) is 0. The second kappa shape index (κ2) is 4.37. The van der Waals surface area contributed by atoms with Gasteiger partial charge in [0.1, 0.15) is 13.1 Å². The smallest absolute Gasteiger partial charge is 0.294 e. The van der Waals surface area contributed by atoms with E-state index in [0.29, 0.717) is 5.78 Å². The van der Waals surface area contributed by atoms with Gasteiger partial charge in [0, 0.05) is 11.9 Å². The van der Waals surface area contributed by atoms with Gasteiger partial charge in [-0.05, 0) is 13.0 Å². The van der Waals surface area contributed by atoms with Gasteiger partial charge in [-0.1, -0.05) is 0 Å². The molecule has 0 radical (unpaired) electrons. The second-order valence-corrected chi connectivity index (χ2v) is 4.37. The Morgan fingerprint density at radius 3 is 2.65 bits per heavy atom. The van der Waals surface area contributed by atoms with Crippen molar-refractivity contribution < 1.29 is 14.4 Å². The quantitative estimate of drug-likeness (QED) is 0.636. The number of hydrogen-bond donors (Lipinski definition) is 1. The molecule has 3 amide bonds. The zero-order chi connectivity index (χ0) is 14.3. The molecule has 9 nitrogen and oxygen atoms in total. The molecule has 3 heterocycles. The molecule has 2 aromatic rings. The van der Waals surface area contributed by atoms with Crippen LogP contribution >= 0.6 is 0 Å². The van der Waals surface area contributed by atoms with Crippen LogP contribution < -0.4 is 5.32 Å². The lowest BCUT2D eigenvalue weighted by molar-refractivity contribution is -0.135. The first kappa shape index (κ1) is 12.2. The third-order valence-corrected chi connectivity index (χ3v) is 2.86. The van der Waals surface area contributed by atoms with Crippen LogP contribution in [-0.2, 0) is 9.59 Å². The monoisotopic (exact) mass is 274 g/mol. The summed E-state index contributed by atoms with van der Waals surface area (Å²) >= 11 is 0. The van der Waals surface area contributed by atoms with Gasteiger partial charge in [-0.3, -0.25) is 19.7 Å². The van der Waals surface area contributed by atoms with Crippen molar-refractivity contribution in [2.45, 2.75) is 6.92 Å². The average molecular weight is 274 g/mol. The number of aromatic nitrogens is 4. The molecule has 2 aromatic heterocycles. The topological polar surface area (TPSA) is 110 Å². The lowest BCUT2D eigenvalue weighted by Crippen LogP contribution is -2.53. The maximum absolute atomic E-state index is 12.2. The molecule has 0 bridgehead atoms. The Morgan fingerprint density at radius 2 is 2.00 bits per heavy atom. The number of nitrogens with one attached hydrogen (secondary N) is 1. The lowest BCUT2D eigenvalue weighted by atomic mass is 10.3. The molecule has 0 atom stereocenters. The number of rotatable bonds is 1. The first-order valence-electron chi connectivity index (χ1n) is 5.85. The minimum Gasteiger partial charge on any atom is -0.317 e. The Balaban J connectivity index is 1.94. The van der Waals surface area contributed by atoms with E-state index in [9.17, 15) is 14.4 Å². The van der Waals surface area contributed by atoms with Crippen LogP contribution in [0.1, 0.15) is 16.3 Å². The van der Waals surface area contributed by atoms with Crippen molar-refractivity contribution in [1.82, 2.24) is 29.8 Å². The second-order valence-electron chi connectivity index (χ2n) is 4.37. The summed E-state index contributed by atoms with van der Waals surface area (Å²) < 4.78 is 1.43. The minimum atomic E-state index is -0.571. The van der Waals surface area contributed by atoms with E-state index in [1.807, 2.05) is 0 Å². The number of nitrogens with zero attached hydrogens (tertiary/aromatic N) is 5. The third kappa shape index (κ3) is 1.98. The van der Waals surface area contributed by atoms with Gasteiger partial charge in [-0.25, -0.2) is 9.50 Å². The van der Waals surface area contributed by atoms with Gasteiger partial charge >= 0.3 is 0 Å². The van der Waals surface area contributed by atoms with Crippen molar-refractivity contribution in [3.8, 4) is 0 Å². The van der Waals surface area contributed by atoms with E-state index in [-0.39, 0.29) is 18.9 Å². The van der Waals surface area contributed by atoms with E-state index in [1.165, 1.54) is 4.52 Å². The molecule has 1 saturated heterocycles. The zero-order valence-corrected chi connectivity index (χ0v) is 10.5. The van der Waals surface area contributed by atoms with Gasteiger partial charge < -0.3 is 4.90 Å². The highest BCUT2D eigenvalue weighted by Gasteiger charge is 2.29. The highest BCUT2D eigenvalue weighted by atomic mass is 16.2. The molecule has 20 heavy (non-hydrogen) atoms. The van der Waals surface area contributed by atoms with Crippen LogP contribution in [0.4, 0.5) is 0 Å². The van der Waals surface area contributed by atoms with Crippen LogP contribution in [-0.4, -0.2) is 55.3 Å². The molecular formula is C11H10N6O3. The minimum absolute atomic E-state index is 0.0886. The predicted octanol–water partition coefficient (Wildman–Crippen LogP) is -1.47. The first-order chi connectivity index (χ1) is 9.54. The van der Waals surface area contributed by atoms with Crippen LogP contribution in [0.3, 0.4) is 0 Å². The van der Waals surface area contributed by atoms with E-state index in [2.05, 4.69) is 20.4 Å². The summed E-state index contributed by atoms with van der Waals surface area (Å²) in [5, 5.41) is 6.17. The van der Waals surface area contributed by atoms with Gasteiger partial charge in [0.15, 0.2) is 0 Å². The highest BCUT2D eigenvalue weighted by Crippen LogP contribution is 2.06. The molecule has 102 valence electrons. The van der Waals surface area contributed by atoms with Gasteiger partial charge in [-0.2, -0.15) is 4.98 Å². The fourth-order valence-corrected chi connectivity index (χ4v) is 1.92. The Hall–Kier alpha value is -2.84. The molecule has 0 aliphatic carbocycles. The van der Waals surface area contributed by atoms with Crippen LogP contribution in [0, 0.1) is 6.92 Å². The van der Waals surface area contributed by atoms with E-state index in [1.54, 1.807) is 19.2 Å². The summed E-state index contributed by atoms with van der Waals surface area (Å²) in [4.78, 5) is 43.8. The number of amides is 3. The Morgan fingerprint density at radius 1 is 1.30 bits per heavy atom. The van der Waals surface area contributed by atoms with Crippen molar-refractivity contribution in [3.05, 3.63) is 23.8 Å². The van der Waals surface area contributed by atoms with Crippen molar-refractivity contribution in [2.24, 2.45) is 0 Å². The number of carbonyl (C=O) groups is 3. The molecule has 1 fully saturated rings. The highest BCUT2D eigenvalue weighted by molar-refractivity contribution is 6.04. The number of aryl methyl sites for hydroxylation is 1. The molecule has 1 N–H and O–H groups in total. The zero-order valence-electron chi connectivity index (χ0n) is 10.5. The molecule has 0 spiro atoms. The van der Waals surface area contributed by atoms with Gasteiger partial charge in [0.25, 0.3) is 11.7 Å². The summed E-state index contributed by atoms with van der Waals surface area (Å²) in [6, 6.07) is 1.73. The predicted molar refractivity (Wildman–Crippen MR) is 64.6 cm³/mol. The number of hydrogen-bond acceptors (Lipinski definition) is 6. The standard InChI is InChI=1S/C11H10N6O3/c1-6-2-3-12-11-14-9(15-17(6)11)10(20)16-4-7(18)13-8(19)5-16/h2-3H,4-5H2,1H3,(H,13,18,19). The van der Waals surface area contributed by atoms with Gasteiger partial charge in [0.05, 0.1) is 0 Å².